The average Bonchev–Trinajstić information content (AvgIpc) is 2.70. The van der Waals surface area contributed by atoms with Crippen LogP contribution in [0, 0.1) is 0 Å². The second-order valence-corrected chi connectivity index (χ2v) is 7.81. The Labute approximate surface area is 180 Å². The van der Waals surface area contributed by atoms with Crippen molar-refractivity contribution >= 4 is 44.3 Å². The van der Waals surface area contributed by atoms with E-state index in [9.17, 15) is 4.79 Å². The third kappa shape index (κ3) is 4.41. The Hall–Kier alpha value is -2.90. The van der Waals surface area contributed by atoms with Crippen LogP contribution in [0.2, 0.25) is 5.02 Å². The highest BCUT2D eigenvalue weighted by molar-refractivity contribution is 9.10. The van der Waals surface area contributed by atoms with Crippen molar-refractivity contribution in [3.63, 3.8) is 0 Å². The van der Waals surface area contributed by atoms with Crippen molar-refractivity contribution in [2.75, 3.05) is 11.9 Å². The minimum absolute atomic E-state index is 0.194. The number of nitrogens with one attached hydrogen (secondary N) is 1. The van der Waals surface area contributed by atoms with Crippen LogP contribution in [0.4, 0.5) is 5.82 Å². The number of aromatic nitrogens is 3. The quantitative estimate of drug-likeness (QED) is 0.435. The summed E-state index contributed by atoms with van der Waals surface area (Å²) in [4.78, 5) is 25.2. The number of halogens is 2. The van der Waals surface area contributed by atoms with Crippen molar-refractivity contribution in [2.24, 2.45) is 0 Å². The summed E-state index contributed by atoms with van der Waals surface area (Å²) < 4.78 is 6.98. The van der Waals surface area contributed by atoms with Gasteiger partial charge in [0.25, 0.3) is 5.56 Å². The second-order valence-electron chi connectivity index (χ2n) is 6.46. The standard InChI is InChI=1S/C21H16BrClN4O2/c1-27(20-9-17-18(10-24-20)25-12-26-21(17)28)11-13-5-6-14(22)7-19(13)29-16-4-2-3-15(23)8-16/h2-10,12H,11H2,1H3,(H,25,26,28). The lowest BCUT2D eigenvalue weighted by Crippen LogP contribution is -2.19. The molecule has 0 unspecified atom stereocenters. The van der Waals surface area contributed by atoms with Crippen molar-refractivity contribution in [3.05, 3.63) is 86.5 Å². The number of benzene rings is 2. The largest absolute Gasteiger partial charge is 0.457 e. The number of hydrogen-bond acceptors (Lipinski definition) is 5. The van der Waals surface area contributed by atoms with E-state index in [1.54, 1.807) is 24.4 Å². The normalized spacial score (nSPS) is 10.9. The van der Waals surface area contributed by atoms with Gasteiger partial charge in [-0.25, -0.2) is 9.97 Å². The van der Waals surface area contributed by atoms with Crippen LogP contribution in [-0.2, 0) is 6.54 Å². The zero-order valence-corrected chi connectivity index (χ0v) is 17.7. The van der Waals surface area contributed by atoms with Crippen molar-refractivity contribution in [2.45, 2.75) is 6.54 Å². The Morgan fingerprint density at radius 1 is 1.17 bits per heavy atom. The zero-order chi connectivity index (χ0) is 20.4. The number of nitrogens with zero attached hydrogens (tertiary/aromatic N) is 3. The van der Waals surface area contributed by atoms with Crippen LogP contribution in [0.15, 0.2) is 70.3 Å². The van der Waals surface area contributed by atoms with Crippen LogP contribution in [0.25, 0.3) is 10.9 Å². The summed E-state index contributed by atoms with van der Waals surface area (Å²) in [6, 6.07) is 14.8. The number of fused-ring (bicyclic) bond motifs is 1. The summed E-state index contributed by atoms with van der Waals surface area (Å²) in [6.07, 6.45) is 2.97. The molecule has 8 heteroatoms. The number of ether oxygens (including phenoxy) is 1. The molecule has 0 atom stereocenters. The number of anilines is 1. The average molecular weight is 472 g/mol. The molecule has 0 aliphatic heterocycles. The molecule has 0 aliphatic carbocycles. The van der Waals surface area contributed by atoms with Crippen molar-refractivity contribution in [1.29, 1.82) is 0 Å². The molecule has 0 aliphatic rings. The van der Waals surface area contributed by atoms with E-state index in [-0.39, 0.29) is 5.56 Å². The van der Waals surface area contributed by atoms with Gasteiger partial charge in [0, 0.05) is 28.7 Å². The van der Waals surface area contributed by atoms with E-state index in [1.807, 2.05) is 42.3 Å². The Bertz CT molecular complexity index is 1240. The molecule has 0 amide bonds. The van der Waals surface area contributed by atoms with Crippen molar-refractivity contribution in [1.82, 2.24) is 15.0 Å². The molecule has 0 saturated heterocycles. The maximum Gasteiger partial charge on any atom is 0.258 e. The van der Waals surface area contributed by atoms with Gasteiger partial charge in [-0.05, 0) is 36.4 Å². The zero-order valence-electron chi connectivity index (χ0n) is 15.4. The van der Waals surface area contributed by atoms with Crippen LogP contribution in [0.5, 0.6) is 11.5 Å². The fourth-order valence-electron chi connectivity index (χ4n) is 2.92. The number of aromatic amines is 1. The first-order chi connectivity index (χ1) is 14.0. The first-order valence-corrected chi connectivity index (χ1v) is 9.93. The van der Waals surface area contributed by atoms with Crippen LogP contribution >= 0.6 is 27.5 Å². The van der Waals surface area contributed by atoms with Crippen LogP contribution in [-0.4, -0.2) is 22.0 Å². The molecular weight excluding hydrogens is 456 g/mol. The fraction of sp³-hybridized carbons (Fsp3) is 0.0952. The first kappa shape index (κ1) is 19.4. The van der Waals surface area contributed by atoms with Gasteiger partial charge in [-0.1, -0.05) is 39.7 Å². The van der Waals surface area contributed by atoms with Gasteiger partial charge in [0.1, 0.15) is 17.3 Å². The molecule has 0 fully saturated rings. The lowest BCUT2D eigenvalue weighted by Gasteiger charge is -2.20. The van der Waals surface area contributed by atoms with Gasteiger partial charge in [-0.3, -0.25) is 4.79 Å². The fourth-order valence-corrected chi connectivity index (χ4v) is 3.44. The van der Waals surface area contributed by atoms with Gasteiger partial charge in [0.2, 0.25) is 0 Å². The Kier molecular flexibility index (Phi) is 5.51. The third-order valence-electron chi connectivity index (χ3n) is 4.36. The highest BCUT2D eigenvalue weighted by atomic mass is 79.9. The first-order valence-electron chi connectivity index (χ1n) is 8.76. The van der Waals surface area contributed by atoms with E-state index in [1.165, 1.54) is 6.33 Å². The summed E-state index contributed by atoms with van der Waals surface area (Å²) in [5, 5.41) is 1.10. The molecule has 6 nitrogen and oxygen atoms in total. The summed E-state index contributed by atoms with van der Waals surface area (Å²) in [5.41, 5.74) is 1.32. The maximum atomic E-state index is 12.1. The van der Waals surface area contributed by atoms with E-state index >= 15 is 0 Å². The molecule has 0 saturated carbocycles. The van der Waals surface area contributed by atoms with Gasteiger partial charge < -0.3 is 14.6 Å². The molecule has 146 valence electrons. The minimum Gasteiger partial charge on any atom is -0.457 e. The molecule has 4 rings (SSSR count). The SMILES string of the molecule is CN(Cc1ccc(Br)cc1Oc1cccc(Cl)c1)c1cc2c(=O)[nH]cnc2cn1. The molecule has 0 bridgehead atoms. The Morgan fingerprint density at radius 3 is 2.86 bits per heavy atom. The van der Waals surface area contributed by atoms with Crippen LogP contribution in [0.1, 0.15) is 5.56 Å². The van der Waals surface area contributed by atoms with Crippen LogP contribution < -0.4 is 15.2 Å². The molecule has 1 N–H and O–H groups in total. The number of H-pyrrole nitrogens is 1. The summed E-state index contributed by atoms with van der Waals surface area (Å²) >= 11 is 9.56. The molecule has 29 heavy (non-hydrogen) atoms. The van der Waals surface area contributed by atoms with Gasteiger partial charge in [-0.15, -0.1) is 0 Å². The van der Waals surface area contributed by atoms with E-state index in [4.69, 9.17) is 16.3 Å². The number of rotatable bonds is 5. The highest BCUT2D eigenvalue weighted by Crippen LogP contribution is 2.31. The third-order valence-corrected chi connectivity index (χ3v) is 5.09. The molecule has 2 heterocycles. The molecule has 2 aromatic carbocycles. The van der Waals surface area contributed by atoms with E-state index < -0.39 is 0 Å². The predicted octanol–water partition coefficient (Wildman–Crippen LogP) is 5.16. The smallest absolute Gasteiger partial charge is 0.258 e. The van der Waals surface area contributed by atoms with E-state index in [0.29, 0.717) is 39.8 Å². The summed E-state index contributed by atoms with van der Waals surface area (Å²) in [7, 11) is 1.91. The monoisotopic (exact) mass is 470 g/mol. The van der Waals surface area contributed by atoms with Crippen LogP contribution in [0.3, 0.4) is 0 Å². The van der Waals surface area contributed by atoms with Crippen molar-refractivity contribution in [3.8, 4) is 11.5 Å². The van der Waals surface area contributed by atoms with Crippen molar-refractivity contribution < 1.29 is 4.74 Å². The van der Waals surface area contributed by atoms with E-state index in [0.717, 1.165) is 10.0 Å². The van der Waals surface area contributed by atoms with E-state index in [2.05, 4.69) is 30.9 Å². The molecule has 2 aromatic heterocycles. The molecule has 4 aromatic rings. The number of hydrogen-bond donors (Lipinski definition) is 1. The van der Waals surface area contributed by atoms with Gasteiger partial charge in [0.15, 0.2) is 0 Å². The van der Waals surface area contributed by atoms with Gasteiger partial charge in [0.05, 0.1) is 23.4 Å². The summed E-state index contributed by atoms with van der Waals surface area (Å²) in [6.45, 7) is 0.528. The molecule has 0 radical (unpaired) electrons. The van der Waals surface area contributed by atoms with Gasteiger partial charge >= 0.3 is 0 Å². The maximum absolute atomic E-state index is 12.1. The van der Waals surface area contributed by atoms with Gasteiger partial charge in [-0.2, -0.15) is 0 Å². The molecular formula is C21H16BrClN4O2. The summed E-state index contributed by atoms with van der Waals surface area (Å²) in [5.74, 6) is 2.02. The second kappa shape index (κ2) is 8.23. The highest BCUT2D eigenvalue weighted by Gasteiger charge is 2.12. The predicted molar refractivity (Wildman–Crippen MR) is 118 cm³/mol. The lowest BCUT2D eigenvalue weighted by atomic mass is 10.2. The minimum atomic E-state index is -0.194. The lowest BCUT2D eigenvalue weighted by molar-refractivity contribution is 0.475. The molecule has 0 spiro atoms. The Morgan fingerprint density at radius 2 is 2.03 bits per heavy atom. The number of pyridine rings is 1. The Balaban J connectivity index is 1.63. The topological polar surface area (TPSA) is 71.1 Å².